The van der Waals surface area contributed by atoms with Crippen molar-refractivity contribution in [2.45, 2.75) is 13.0 Å². The van der Waals surface area contributed by atoms with Gasteiger partial charge in [0.05, 0.1) is 17.0 Å². The lowest BCUT2D eigenvalue weighted by Gasteiger charge is -2.16. The summed E-state index contributed by atoms with van der Waals surface area (Å²) in [5.41, 5.74) is 1.78. The van der Waals surface area contributed by atoms with Crippen LogP contribution >= 0.6 is 38.6 Å². The molecule has 0 saturated heterocycles. The van der Waals surface area contributed by atoms with Gasteiger partial charge >= 0.3 is 0 Å². The minimum Gasteiger partial charge on any atom is -0.362 e. The summed E-state index contributed by atoms with van der Waals surface area (Å²) in [6.07, 6.45) is 2.03. The smallest absolute Gasteiger partial charge is 0.226 e. The molecule has 0 fully saturated rings. The molecule has 0 unspecified atom stereocenters. The number of pyridine rings is 1. The molecule has 3 heterocycles. The number of aromatic nitrogens is 2. The first kappa shape index (κ1) is 18.0. The van der Waals surface area contributed by atoms with Gasteiger partial charge in [-0.15, -0.1) is 22.7 Å². The second-order valence-electron chi connectivity index (χ2n) is 5.61. The minimum atomic E-state index is -0.0437. The highest BCUT2D eigenvalue weighted by atomic mass is 79.9. The van der Waals surface area contributed by atoms with E-state index in [2.05, 4.69) is 31.2 Å². The van der Waals surface area contributed by atoms with Crippen molar-refractivity contribution >= 4 is 50.3 Å². The predicted octanol–water partition coefficient (Wildman–Crippen LogP) is 3.95. The molecule has 0 spiro atoms. The van der Waals surface area contributed by atoms with Crippen LogP contribution in [0.2, 0.25) is 0 Å². The van der Waals surface area contributed by atoms with Crippen LogP contribution in [0.4, 0.5) is 5.82 Å². The van der Waals surface area contributed by atoms with Crippen LogP contribution in [0, 0.1) is 0 Å². The summed E-state index contributed by atoms with van der Waals surface area (Å²) in [5.74, 6) is 0.819. The van der Waals surface area contributed by atoms with Gasteiger partial charge in [0.15, 0.2) is 0 Å². The highest BCUT2D eigenvalue weighted by molar-refractivity contribution is 9.10. The first-order valence-electron chi connectivity index (χ1n) is 7.59. The van der Waals surface area contributed by atoms with Crippen molar-refractivity contribution in [1.29, 1.82) is 0 Å². The Morgan fingerprint density at radius 3 is 2.88 bits per heavy atom. The predicted molar refractivity (Wildman–Crippen MR) is 107 cm³/mol. The Kier molecular flexibility index (Phi) is 5.82. The molecule has 3 rings (SSSR count). The van der Waals surface area contributed by atoms with Gasteiger partial charge in [-0.3, -0.25) is 4.79 Å². The molecule has 0 radical (unpaired) electrons. The normalized spacial score (nSPS) is 10.7. The molecule has 0 aromatic carbocycles. The molecule has 1 N–H and O–H groups in total. The highest BCUT2D eigenvalue weighted by Gasteiger charge is 2.12. The van der Waals surface area contributed by atoms with E-state index in [1.807, 2.05) is 48.0 Å². The van der Waals surface area contributed by atoms with Gasteiger partial charge in [0.2, 0.25) is 5.91 Å². The summed E-state index contributed by atoms with van der Waals surface area (Å²) >= 11 is 6.65. The zero-order valence-corrected chi connectivity index (χ0v) is 17.0. The van der Waals surface area contributed by atoms with E-state index in [4.69, 9.17) is 0 Å². The van der Waals surface area contributed by atoms with Crippen molar-refractivity contribution in [3.63, 3.8) is 0 Å². The molecule has 0 aliphatic carbocycles. The molecular formula is C17H17BrN4OS2. The molecule has 130 valence electrons. The van der Waals surface area contributed by atoms with Crippen LogP contribution in [0.5, 0.6) is 0 Å². The second kappa shape index (κ2) is 8.07. The summed E-state index contributed by atoms with van der Waals surface area (Å²) in [5, 5.41) is 7.86. The van der Waals surface area contributed by atoms with Crippen molar-refractivity contribution < 1.29 is 4.79 Å². The number of rotatable bonds is 6. The number of thiophene rings is 1. The van der Waals surface area contributed by atoms with E-state index in [9.17, 15) is 4.79 Å². The minimum absolute atomic E-state index is 0.0437. The monoisotopic (exact) mass is 436 g/mol. The molecule has 0 atom stereocenters. The third-order valence-electron chi connectivity index (χ3n) is 3.44. The lowest BCUT2D eigenvalue weighted by molar-refractivity contribution is -0.120. The van der Waals surface area contributed by atoms with Gasteiger partial charge in [-0.1, -0.05) is 6.07 Å². The number of hydrogen-bond acceptors (Lipinski definition) is 6. The van der Waals surface area contributed by atoms with E-state index in [1.165, 1.54) is 0 Å². The van der Waals surface area contributed by atoms with E-state index in [0.717, 1.165) is 31.4 Å². The van der Waals surface area contributed by atoms with Crippen molar-refractivity contribution in [3.05, 3.63) is 50.9 Å². The van der Waals surface area contributed by atoms with Gasteiger partial charge in [0.25, 0.3) is 0 Å². The average Bonchev–Trinajstić information content (AvgIpc) is 3.22. The lowest BCUT2D eigenvalue weighted by Crippen LogP contribution is -2.26. The van der Waals surface area contributed by atoms with Crippen LogP contribution in [0.3, 0.4) is 0 Å². The Hall–Kier alpha value is -1.77. The molecule has 0 bridgehead atoms. The van der Waals surface area contributed by atoms with E-state index >= 15 is 0 Å². The molecule has 8 heteroatoms. The quantitative estimate of drug-likeness (QED) is 0.635. The molecule has 5 nitrogen and oxygen atoms in total. The Morgan fingerprint density at radius 1 is 1.32 bits per heavy atom. The van der Waals surface area contributed by atoms with E-state index in [0.29, 0.717) is 6.54 Å². The van der Waals surface area contributed by atoms with Gasteiger partial charge in [0.1, 0.15) is 10.8 Å². The zero-order valence-electron chi connectivity index (χ0n) is 13.8. The van der Waals surface area contributed by atoms with E-state index < -0.39 is 0 Å². The summed E-state index contributed by atoms with van der Waals surface area (Å²) in [4.78, 5) is 24.2. The van der Waals surface area contributed by atoms with Crippen LogP contribution in [0.15, 0.2) is 39.6 Å². The zero-order chi connectivity index (χ0) is 17.8. The molecular weight excluding hydrogens is 420 g/mol. The van der Waals surface area contributed by atoms with Crippen LogP contribution in [0.25, 0.3) is 9.88 Å². The van der Waals surface area contributed by atoms with Gasteiger partial charge in [-0.2, -0.15) is 0 Å². The summed E-state index contributed by atoms with van der Waals surface area (Å²) in [6.45, 7) is 0.453. The fourth-order valence-electron chi connectivity index (χ4n) is 2.32. The first-order chi connectivity index (χ1) is 12.0. The van der Waals surface area contributed by atoms with Gasteiger partial charge in [-0.25, -0.2) is 9.97 Å². The molecule has 0 saturated carbocycles. The Bertz CT molecular complexity index is 875. The highest BCUT2D eigenvalue weighted by Crippen LogP contribution is 2.32. The number of nitrogens with one attached hydrogen (secondary N) is 1. The topological polar surface area (TPSA) is 58.1 Å². The largest absolute Gasteiger partial charge is 0.362 e. The van der Waals surface area contributed by atoms with Gasteiger partial charge in [0, 0.05) is 47.6 Å². The van der Waals surface area contributed by atoms with Crippen LogP contribution in [-0.2, 0) is 17.8 Å². The Balaban J connectivity index is 1.59. The summed E-state index contributed by atoms with van der Waals surface area (Å²) in [6, 6.07) is 5.89. The molecule has 0 aliphatic rings. The fraction of sp³-hybridized carbons (Fsp3) is 0.235. The Morgan fingerprint density at radius 2 is 2.16 bits per heavy atom. The number of halogens is 1. The number of amides is 1. The summed E-state index contributed by atoms with van der Waals surface area (Å²) < 4.78 is 1.05. The van der Waals surface area contributed by atoms with Crippen molar-refractivity contribution in [3.8, 4) is 9.88 Å². The van der Waals surface area contributed by atoms with Crippen LogP contribution in [-0.4, -0.2) is 30.0 Å². The number of carbonyl (C=O) groups is 1. The van der Waals surface area contributed by atoms with Crippen LogP contribution in [0.1, 0.15) is 11.3 Å². The third kappa shape index (κ3) is 4.65. The van der Waals surface area contributed by atoms with E-state index in [1.54, 1.807) is 28.9 Å². The first-order valence-corrected chi connectivity index (χ1v) is 10.1. The SMILES string of the molecule is CN(C)c1ncccc1CNC(=O)Cc1csc(-c2cc(Br)cs2)n1. The molecule has 0 aliphatic heterocycles. The fourth-order valence-corrected chi connectivity index (χ4v) is 4.65. The standard InChI is InChI=1S/C17H17BrN4OS2/c1-22(2)16-11(4-3-5-19-16)8-20-15(23)7-13-10-25-17(21-13)14-6-12(18)9-24-14/h3-6,9-10H,7-8H2,1-2H3,(H,20,23). The molecule has 25 heavy (non-hydrogen) atoms. The molecule has 3 aromatic heterocycles. The van der Waals surface area contributed by atoms with E-state index in [-0.39, 0.29) is 12.3 Å². The average molecular weight is 437 g/mol. The third-order valence-corrected chi connectivity index (χ3v) is 6.19. The van der Waals surface area contributed by atoms with Gasteiger partial charge in [-0.05, 0) is 28.1 Å². The number of anilines is 1. The van der Waals surface area contributed by atoms with Crippen molar-refractivity contribution in [1.82, 2.24) is 15.3 Å². The number of carbonyl (C=O) groups excluding carboxylic acids is 1. The maximum Gasteiger partial charge on any atom is 0.226 e. The van der Waals surface area contributed by atoms with Crippen LogP contribution < -0.4 is 10.2 Å². The number of nitrogens with zero attached hydrogens (tertiary/aromatic N) is 3. The number of hydrogen-bond donors (Lipinski definition) is 1. The van der Waals surface area contributed by atoms with Gasteiger partial charge < -0.3 is 10.2 Å². The molecule has 1 amide bonds. The molecule has 3 aromatic rings. The second-order valence-corrected chi connectivity index (χ2v) is 8.29. The van der Waals surface area contributed by atoms with Crippen molar-refractivity contribution in [2.24, 2.45) is 0 Å². The van der Waals surface area contributed by atoms with Crippen molar-refractivity contribution in [2.75, 3.05) is 19.0 Å². The number of thiazole rings is 1. The maximum atomic E-state index is 12.2. The summed E-state index contributed by atoms with van der Waals surface area (Å²) in [7, 11) is 3.88. The maximum absolute atomic E-state index is 12.2. The lowest BCUT2D eigenvalue weighted by atomic mass is 10.2. The Labute approximate surface area is 162 Å².